The number of nitriles is 2. The molecule has 1 aromatic rings. The topological polar surface area (TPSA) is 64.7 Å². The predicted octanol–water partition coefficient (Wildman–Crippen LogP) is 1.96. The molecule has 0 spiro atoms. The molecule has 0 aliphatic heterocycles. The van der Waals surface area contributed by atoms with Gasteiger partial charge in [-0.25, -0.2) is 0 Å². The van der Waals surface area contributed by atoms with Crippen LogP contribution in [0.5, 0.6) is 0 Å². The van der Waals surface area contributed by atoms with E-state index in [-0.39, 0.29) is 12.2 Å². The largest absolute Gasteiger partial charge is 0.293 e. The Kier molecular flexibility index (Phi) is 2.99. The van der Waals surface area contributed by atoms with Gasteiger partial charge in [-0.1, -0.05) is 12.1 Å². The fourth-order valence-corrected chi connectivity index (χ4v) is 1.23. The molecule has 0 heterocycles. The molecule has 0 radical (unpaired) electrons. The minimum Gasteiger partial charge on any atom is -0.293 e. The summed E-state index contributed by atoms with van der Waals surface area (Å²) in [7, 11) is 0. The van der Waals surface area contributed by atoms with E-state index in [1.807, 2.05) is 6.07 Å². The number of ketones is 1. The van der Waals surface area contributed by atoms with Gasteiger partial charge in [0.25, 0.3) is 0 Å². The number of carbonyl (C=O) groups excluding carboxylic acids is 1. The van der Waals surface area contributed by atoms with Crippen LogP contribution in [0.2, 0.25) is 0 Å². The summed E-state index contributed by atoms with van der Waals surface area (Å²) >= 11 is 0. The quantitative estimate of drug-likeness (QED) is 0.660. The lowest BCUT2D eigenvalue weighted by molar-refractivity contribution is 0.0997. The first-order valence-corrected chi connectivity index (χ1v) is 4.10. The molecule has 0 unspecified atom stereocenters. The highest BCUT2D eigenvalue weighted by atomic mass is 16.1. The molecular formula is C11H8N2O. The van der Waals surface area contributed by atoms with Crippen molar-refractivity contribution >= 4 is 5.78 Å². The van der Waals surface area contributed by atoms with E-state index in [1.165, 1.54) is 0 Å². The number of hydrogen-bond acceptors (Lipinski definition) is 3. The Morgan fingerprint density at radius 3 is 2.71 bits per heavy atom. The molecule has 0 N–H and O–H groups in total. The van der Waals surface area contributed by atoms with Crippen LogP contribution in [0, 0.1) is 29.6 Å². The molecule has 1 aromatic carbocycles. The normalized spacial score (nSPS) is 8.79. The molecule has 0 aliphatic carbocycles. The fourth-order valence-electron chi connectivity index (χ4n) is 1.23. The summed E-state index contributed by atoms with van der Waals surface area (Å²) in [5.74, 6) is -0.234. The zero-order chi connectivity index (χ0) is 10.6. The maximum atomic E-state index is 11.4. The maximum absolute atomic E-state index is 11.4. The average Bonchev–Trinajstić information content (AvgIpc) is 2.18. The SMILES string of the molecule is Cc1c(C#N)cccc1C(=O)CC#N. The minimum absolute atomic E-state index is 0.143. The number of nitrogens with zero attached hydrogens (tertiary/aromatic N) is 2. The second-order valence-electron chi connectivity index (χ2n) is 2.85. The minimum atomic E-state index is -0.234. The molecule has 68 valence electrons. The average molecular weight is 184 g/mol. The van der Waals surface area contributed by atoms with Gasteiger partial charge in [-0.3, -0.25) is 4.79 Å². The Morgan fingerprint density at radius 2 is 2.14 bits per heavy atom. The Morgan fingerprint density at radius 1 is 1.43 bits per heavy atom. The molecule has 3 heteroatoms. The fraction of sp³-hybridized carbons (Fsp3) is 0.182. The van der Waals surface area contributed by atoms with Crippen molar-refractivity contribution in [2.75, 3.05) is 0 Å². The lowest BCUT2D eigenvalue weighted by atomic mass is 9.99. The van der Waals surface area contributed by atoms with E-state index in [4.69, 9.17) is 10.5 Å². The molecule has 0 atom stereocenters. The Balaban J connectivity index is 3.19. The van der Waals surface area contributed by atoms with Crippen molar-refractivity contribution in [3.63, 3.8) is 0 Å². The van der Waals surface area contributed by atoms with Crippen LogP contribution >= 0.6 is 0 Å². The van der Waals surface area contributed by atoms with E-state index in [2.05, 4.69) is 0 Å². The lowest BCUT2D eigenvalue weighted by Crippen LogP contribution is -2.01. The monoisotopic (exact) mass is 184 g/mol. The summed E-state index contributed by atoms with van der Waals surface area (Å²) in [6, 6.07) is 8.73. The van der Waals surface area contributed by atoms with E-state index >= 15 is 0 Å². The first kappa shape index (κ1) is 9.95. The van der Waals surface area contributed by atoms with Gasteiger partial charge < -0.3 is 0 Å². The van der Waals surface area contributed by atoms with Crippen LogP contribution in [0.4, 0.5) is 0 Å². The summed E-state index contributed by atoms with van der Waals surface area (Å²) < 4.78 is 0. The van der Waals surface area contributed by atoms with Gasteiger partial charge in [0.1, 0.15) is 0 Å². The van der Waals surface area contributed by atoms with Crippen molar-refractivity contribution in [1.29, 1.82) is 10.5 Å². The van der Waals surface area contributed by atoms with Gasteiger partial charge in [0.05, 0.1) is 24.1 Å². The number of benzene rings is 1. The van der Waals surface area contributed by atoms with E-state index in [9.17, 15) is 4.79 Å². The highest BCUT2D eigenvalue weighted by molar-refractivity contribution is 5.99. The Labute approximate surface area is 82.2 Å². The van der Waals surface area contributed by atoms with E-state index in [0.717, 1.165) is 0 Å². The summed E-state index contributed by atoms with van der Waals surface area (Å²) in [5.41, 5.74) is 1.59. The molecule has 0 saturated heterocycles. The second kappa shape index (κ2) is 4.20. The maximum Gasteiger partial charge on any atom is 0.177 e. The first-order valence-electron chi connectivity index (χ1n) is 4.10. The molecule has 0 saturated carbocycles. The van der Waals surface area contributed by atoms with E-state index in [0.29, 0.717) is 16.7 Å². The van der Waals surface area contributed by atoms with Crippen LogP contribution in [0.25, 0.3) is 0 Å². The van der Waals surface area contributed by atoms with Crippen molar-refractivity contribution in [3.8, 4) is 12.1 Å². The number of Topliss-reactive ketones (excluding diaryl/α,β-unsaturated/α-hetero) is 1. The summed E-state index contributed by atoms with van der Waals surface area (Å²) in [4.78, 5) is 11.4. The summed E-state index contributed by atoms with van der Waals surface area (Å²) in [5, 5.41) is 17.1. The third-order valence-corrected chi connectivity index (χ3v) is 1.99. The molecule has 1 rings (SSSR count). The molecule has 0 aliphatic rings. The van der Waals surface area contributed by atoms with Gasteiger partial charge in [-0.15, -0.1) is 0 Å². The number of hydrogen-bond donors (Lipinski definition) is 0. The van der Waals surface area contributed by atoms with Crippen LogP contribution in [0.3, 0.4) is 0 Å². The van der Waals surface area contributed by atoms with Gasteiger partial charge in [-0.2, -0.15) is 10.5 Å². The van der Waals surface area contributed by atoms with Crippen LogP contribution < -0.4 is 0 Å². The van der Waals surface area contributed by atoms with Crippen LogP contribution in [-0.4, -0.2) is 5.78 Å². The van der Waals surface area contributed by atoms with Crippen molar-refractivity contribution in [2.45, 2.75) is 13.3 Å². The third-order valence-electron chi connectivity index (χ3n) is 1.99. The lowest BCUT2D eigenvalue weighted by Gasteiger charge is -2.02. The summed E-state index contributed by atoms with van der Waals surface area (Å²) in [6.07, 6.45) is -0.143. The van der Waals surface area contributed by atoms with Crippen molar-refractivity contribution in [1.82, 2.24) is 0 Å². The van der Waals surface area contributed by atoms with Gasteiger partial charge in [-0.05, 0) is 18.6 Å². The molecule has 0 amide bonds. The molecular weight excluding hydrogens is 176 g/mol. The van der Waals surface area contributed by atoms with Crippen molar-refractivity contribution < 1.29 is 4.79 Å². The van der Waals surface area contributed by atoms with Gasteiger partial charge in [0, 0.05) is 5.56 Å². The van der Waals surface area contributed by atoms with Crippen LogP contribution in [0.1, 0.15) is 27.9 Å². The highest BCUT2D eigenvalue weighted by Gasteiger charge is 2.10. The Bertz CT molecular complexity index is 449. The molecule has 0 fully saturated rings. The van der Waals surface area contributed by atoms with Crippen LogP contribution in [0.15, 0.2) is 18.2 Å². The van der Waals surface area contributed by atoms with E-state index in [1.54, 1.807) is 31.2 Å². The smallest absolute Gasteiger partial charge is 0.177 e. The van der Waals surface area contributed by atoms with Crippen molar-refractivity contribution in [2.24, 2.45) is 0 Å². The molecule has 0 bridgehead atoms. The van der Waals surface area contributed by atoms with Gasteiger partial charge >= 0.3 is 0 Å². The summed E-state index contributed by atoms with van der Waals surface area (Å²) in [6.45, 7) is 1.71. The predicted molar refractivity (Wildman–Crippen MR) is 50.5 cm³/mol. The van der Waals surface area contributed by atoms with Crippen molar-refractivity contribution in [3.05, 3.63) is 34.9 Å². The van der Waals surface area contributed by atoms with Gasteiger partial charge in [0.15, 0.2) is 5.78 Å². The van der Waals surface area contributed by atoms with E-state index < -0.39 is 0 Å². The van der Waals surface area contributed by atoms with Gasteiger partial charge in [0.2, 0.25) is 0 Å². The highest BCUT2D eigenvalue weighted by Crippen LogP contribution is 2.14. The zero-order valence-corrected chi connectivity index (χ0v) is 7.74. The molecule has 14 heavy (non-hydrogen) atoms. The Hall–Kier alpha value is -2.13. The number of rotatable bonds is 2. The number of carbonyl (C=O) groups is 1. The second-order valence-corrected chi connectivity index (χ2v) is 2.85. The first-order chi connectivity index (χ1) is 6.70. The third kappa shape index (κ3) is 1.78. The molecule has 0 aromatic heterocycles. The molecule has 3 nitrogen and oxygen atoms in total. The standard InChI is InChI=1S/C11H8N2O/c1-8-9(7-13)3-2-4-10(8)11(14)5-6-12/h2-4H,5H2,1H3. The van der Waals surface area contributed by atoms with Crippen LogP contribution in [-0.2, 0) is 0 Å². The zero-order valence-electron chi connectivity index (χ0n) is 7.74.